The quantitative estimate of drug-likeness (QED) is 0.829. The number of hydrogen-bond donors (Lipinski definition) is 1. The number of sulfonamides is 1. The molecule has 2 rings (SSSR count). The topological polar surface area (TPSA) is 63.4 Å². The van der Waals surface area contributed by atoms with Crippen LogP contribution in [0, 0.1) is 5.92 Å². The maximum Gasteiger partial charge on any atom is 0.217 e. The van der Waals surface area contributed by atoms with Crippen LogP contribution in [0.2, 0.25) is 0 Å². The van der Waals surface area contributed by atoms with Crippen molar-refractivity contribution < 1.29 is 8.42 Å². The van der Waals surface area contributed by atoms with Crippen molar-refractivity contribution >= 4 is 10.0 Å². The van der Waals surface area contributed by atoms with E-state index in [0.29, 0.717) is 12.5 Å². The van der Waals surface area contributed by atoms with Crippen LogP contribution in [0.15, 0.2) is 0 Å². The maximum absolute atomic E-state index is 12.3. The normalized spacial score (nSPS) is 35.2. The van der Waals surface area contributed by atoms with Gasteiger partial charge < -0.3 is 5.73 Å². The molecular formula is C12H24N2O2S. The van der Waals surface area contributed by atoms with E-state index in [1.165, 1.54) is 0 Å². The van der Waals surface area contributed by atoms with Crippen molar-refractivity contribution in [3.63, 3.8) is 0 Å². The summed E-state index contributed by atoms with van der Waals surface area (Å²) in [5, 5.41) is -0.129. The molecule has 0 radical (unpaired) electrons. The lowest BCUT2D eigenvalue weighted by molar-refractivity contribution is 0.135. The number of rotatable bonds is 4. The van der Waals surface area contributed by atoms with Crippen molar-refractivity contribution in [1.82, 2.24) is 4.31 Å². The molecule has 4 nitrogen and oxygen atoms in total. The Labute approximate surface area is 105 Å². The minimum absolute atomic E-state index is 0.129. The van der Waals surface area contributed by atoms with Crippen molar-refractivity contribution in [2.45, 2.75) is 56.2 Å². The highest BCUT2D eigenvalue weighted by molar-refractivity contribution is 7.90. The second-order valence-electron chi connectivity index (χ2n) is 5.82. The fraction of sp³-hybridized carbons (Fsp3) is 1.00. The molecule has 0 unspecified atom stereocenters. The summed E-state index contributed by atoms with van der Waals surface area (Å²) in [5.74, 6) is 0.701. The van der Waals surface area contributed by atoms with E-state index in [1.54, 1.807) is 11.4 Å². The van der Waals surface area contributed by atoms with Gasteiger partial charge in [-0.1, -0.05) is 6.92 Å². The Hall–Kier alpha value is -0.130. The molecule has 5 heteroatoms. The van der Waals surface area contributed by atoms with Crippen LogP contribution in [0.25, 0.3) is 0 Å². The smallest absolute Gasteiger partial charge is 0.217 e. The van der Waals surface area contributed by atoms with Crippen LogP contribution < -0.4 is 5.73 Å². The largest absolute Gasteiger partial charge is 0.329 e. The molecule has 2 saturated carbocycles. The Kier molecular flexibility index (Phi) is 3.54. The summed E-state index contributed by atoms with van der Waals surface area (Å²) in [6.45, 7) is 2.68. The third-order valence-electron chi connectivity index (χ3n) is 4.58. The monoisotopic (exact) mass is 260 g/mol. The van der Waals surface area contributed by atoms with Gasteiger partial charge in [-0.15, -0.1) is 0 Å². The summed E-state index contributed by atoms with van der Waals surface area (Å²) >= 11 is 0. The van der Waals surface area contributed by atoms with Gasteiger partial charge in [0, 0.05) is 19.1 Å². The van der Waals surface area contributed by atoms with E-state index in [1.807, 2.05) is 0 Å². The highest BCUT2D eigenvalue weighted by Gasteiger charge is 2.47. The molecule has 2 N–H and O–H groups in total. The number of nitrogens with zero attached hydrogens (tertiary/aromatic N) is 1. The van der Waals surface area contributed by atoms with Crippen LogP contribution in [0.5, 0.6) is 0 Å². The third kappa shape index (κ3) is 2.37. The molecule has 100 valence electrons. The molecule has 0 spiro atoms. The van der Waals surface area contributed by atoms with E-state index in [0.717, 1.165) is 38.5 Å². The van der Waals surface area contributed by atoms with Crippen molar-refractivity contribution in [3.05, 3.63) is 0 Å². The lowest BCUT2D eigenvalue weighted by Gasteiger charge is -2.44. The van der Waals surface area contributed by atoms with Crippen LogP contribution in [0.3, 0.4) is 0 Å². The number of likely N-dealkylation sites (N-methyl/N-ethyl adjacent to an activating group) is 1. The van der Waals surface area contributed by atoms with Crippen LogP contribution in [-0.2, 0) is 10.0 Å². The second-order valence-corrected chi connectivity index (χ2v) is 8.07. The molecule has 0 bridgehead atoms. The molecule has 0 aliphatic heterocycles. The SMILES string of the molecule is CC1CCC(CN)(N(C)S(=O)(=O)C2CC2)CC1. The zero-order chi connectivity index (χ0) is 12.7. The van der Waals surface area contributed by atoms with E-state index in [9.17, 15) is 8.42 Å². The van der Waals surface area contributed by atoms with E-state index in [4.69, 9.17) is 5.73 Å². The predicted molar refractivity (Wildman–Crippen MR) is 69.1 cm³/mol. The van der Waals surface area contributed by atoms with Crippen molar-refractivity contribution in [2.24, 2.45) is 11.7 Å². The molecule has 0 aromatic carbocycles. The molecule has 0 amide bonds. The number of nitrogens with two attached hydrogens (primary N) is 1. The minimum atomic E-state index is -3.10. The van der Waals surface area contributed by atoms with E-state index < -0.39 is 10.0 Å². The summed E-state index contributed by atoms with van der Waals surface area (Å²) in [5.41, 5.74) is 5.58. The zero-order valence-corrected chi connectivity index (χ0v) is 11.7. The summed E-state index contributed by atoms with van der Waals surface area (Å²) < 4.78 is 26.2. The molecule has 0 heterocycles. The van der Waals surface area contributed by atoms with Crippen molar-refractivity contribution in [3.8, 4) is 0 Å². The third-order valence-corrected chi connectivity index (χ3v) is 7.04. The Morgan fingerprint density at radius 3 is 2.18 bits per heavy atom. The van der Waals surface area contributed by atoms with E-state index in [-0.39, 0.29) is 10.8 Å². The van der Waals surface area contributed by atoms with Gasteiger partial charge in [0.1, 0.15) is 0 Å². The maximum atomic E-state index is 12.3. The molecule has 2 aliphatic carbocycles. The minimum Gasteiger partial charge on any atom is -0.329 e. The van der Waals surface area contributed by atoms with Crippen LogP contribution >= 0.6 is 0 Å². The Bertz CT molecular complexity index is 368. The molecule has 0 aromatic rings. The molecule has 0 aromatic heterocycles. The molecule has 2 aliphatic rings. The standard InChI is InChI=1S/C12H24N2O2S/c1-10-5-7-12(9-13,8-6-10)14(2)17(15,16)11-3-4-11/h10-11H,3-9,13H2,1-2H3. The molecule has 0 atom stereocenters. The first-order chi connectivity index (χ1) is 7.92. The Balaban J connectivity index is 2.17. The van der Waals surface area contributed by atoms with Gasteiger partial charge in [0.05, 0.1) is 5.25 Å². The summed E-state index contributed by atoms with van der Waals surface area (Å²) in [7, 11) is -1.37. The molecular weight excluding hydrogens is 236 g/mol. The van der Waals surface area contributed by atoms with Crippen LogP contribution in [-0.4, -0.2) is 37.1 Å². The second kappa shape index (κ2) is 4.52. The van der Waals surface area contributed by atoms with Gasteiger partial charge in [-0.3, -0.25) is 0 Å². The van der Waals surface area contributed by atoms with E-state index >= 15 is 0 Å². The van der Waals surface area contributed by atoms with Crippen molar-refractivity contribution in [1.29, 1.82) is 0 Å². The highest BCUT2D eigenvalue weighted by atomic mass is 32.2. The lowest BCUT2D eigenvalue weighted by Crippen LogP contribution is -2.56. The average Bonchev–Trinajstić information content (AvgIpc) is 3.14. The van der Waals surface area contributed by atoms with Gasteiger partial charge in [0.15, 0.2) is 0 Å². The van der Waals surface area contributed by atoms with Crippen molar-refractivity contribution in [2.75, 3.05) is 13.6 Å². The van der Waals surface area contributed by atoms with Gasteiger partial charge in [-0.2, -0.15) is 4.31 Å². The fourth-order valence-corrected chi connectivity index (χ4v) is 4.78. The first-order valence-corrected chi connectivity index (χ1v) is 8.10. The van der Waals surface area contributed by atoms with Gasteiger partial charge in [-0.05, 0) is 44.4 Å². The fourth-order valence-electron chi connectivity index (χ4n) is 2.81. The zero-order valence-electron chi connectivity index (χ0n) is 10.9. The summed E-state index contributed by atoms with van der Waals surface area (Å²) in [6, 6.07) is 0. The number of hydrogen-bond acceptors (Lipinski definition) is 3. The predicted octanol–water partition coefficient (Wildman–Crippen LogP) is 1.32. The van der Waals surface area contributed by atoms with Crippen LogP contribution in [0.4, 0.5) is 0 Å². The van der Waals surface area contributed by atoms with Gasteiger partial charge in [0.2, 0.25) is 10.0 Å². The lowest BCUT2D eigenvalue weighted by atomic mass is 9.77. The molecule has 0 saturated heterocycles. The van der Waals surface area contributed by atoms with Gasteiger partial charge in [0.25, 0.3) is 0 Å². The van der Waals surface area contributed by atoms with Crippen LogP contribution in [0.1, 0.15) is 45.4 Å². The van der Waals surface area contributed by atoms with Gasteiger partial charge >= 0.3 is 0 Å². The summed E-state index contributed by atoms with van der Waals surface area (Å²) in [4.78, 5) is 0. The van der Waals surface area contributed by atoms with E-state index in [2.05, 4.69) is 6.92 Å². The Morgan fingerprint density at radius 2 is 1.76 bits per heavy atom. The highest BCUT2D eigenvalue weighted by Crippen LogP contribution is 2.40. The first-order valence-electron chi connectivity index (χ1n) is 6.60. The molecule has 17 heavy (non-hydrogen) atoms. The Morgan fingerprint density at radius 1 is 1.24 bits per heavy atom. The van der Waals surface area contributed by atoms with Gasteiger partial charge in [-0.25, -0.2) is 8.42 Å². The average molecular weight is 260 g/mol. The summed E-state index contributed by atoms with van der Waals surface area (Å²) in [6.07, 6.45) is 5.64. The first kappa shape index (κ1) is 13.3. The molecule has 2 fully saturated rings.